The van der Waals surface area contributed by atoms with Crippen LogP contribution in [0.25, 0.3) is 0 Å². The van der Waals surface area contributed by atoms with Crippen LogP contribution < -0.4 is 11.5 Å². The van der Waals surface area contributed by atoms with Crippen LogP contribution in [0, 0.1) is 5.92 Å². The van der Waals surface area contributed by atoms with Gasteiger partial charge in [0.1, 0.15) is 0 Å². The van der Waals surface area contributed by atoms with E-state index in [0.717, 1.165) is 19.5 Å². The van der Waals surface area contributed by atoms with Crippen LogP contribution in [0.5, 0.6) is 0 Å². The van der Waals surface area contributed by atoms with Crippen LogP contribution in [-0.2, 0) is 4.79 Å². The van der Waals surface area contributed by atoms with Crippen molar-refractivity contribution < 1.29 is 9.90 Å². The minimum Gasteiger partial charge on any atom is -0.393 e. The van der Waals surface area contributed by atoms with Gasteiger partial charge in [-0.25, -0.2) is 0 Å². The second-order valence-electron chi connectivity index (χ2n) is 4.06. The summed E-state index contributed by atoms with van der Waals surface area (Å²) in [6, 6.07) is -0.595. The van der Waals surface area contributed by atoms with Gasteiger partial charge in [0.25, 0.3) is 0 Å². The molecule has 3 atom stereocenters. The number of aliphatic hydroxyl groups is 1. The lowest BCUT2D eigenvalue weighted by molar-refractivity contribution is -0.119. The van der Waals surface area contributed by atoms with Crippen molar-refractivity contribution in [1.82, 2.24) is 4.90 Å². The third-order valence-electron chi connectivity index (χ3n) is 2.81. The van der Waals surface area contributed by atoms with Crippen molar-refractivity contribution >= 4 is 5.91 Å². The van der Waals surface area contributed by atoms with Gasteiger partial charge < -0.3 is 21.5 Å². The molecule has 0 aromatic heterocycles. The molecule has 1 amide bonds. The highest BCUT2D eigenvalue weighted by Crippen LogP contribution is 2.19. The van der Waals surface area contributed by atoms with E-state index in [1.165, 1.54) is 0 Å². The third kappa shape index (κ3) is 2.94. The Labute approximate surface area is 84.0 Å². The van der Waals surface area contributed by atoms with Gasteiger partial charge in [0.05, 0.1) is 12.1 Å². The van der Waals surface area contributed by atoms with Gasteiger partial charge in [0.2, 0.25) is 5.91 Å². The van der Waals surface area contributed by atoms with Gasteiger partial charge in [-0.3, -0.25) is 4.79 Å². The summed E-state index contributed by atoms with van der Waals surface area (Å²) in [5, 5.41) is 9.36. The van der Waals surface area contributed by atoms with Crippen LogP contribution in [-0.4, -0.2) is 47.7 Å². The largest absolute Gasteiger partial charge is 0.393 e. The number of nitrogens with zero attached hydrogens (tertiary/aromatic N) is 1. The molecule has 1 aliphatic rings. The first-order valence-corrected chi connectivity index (χ1v) is 4.96. The number of primary amides is 1. The molecule has 3 unspecified atom stereocenters. The Bertz CT molecular complexity index is 208. The van der Waals surface area contributed by atoms with Crippen molar-refractivity contribution in [3.63, 3.8) is 0 Å². The molecule has 1 heterocycles. The molecule has 1 rings (SSSR count). The number of carbonyl (C=O) groups is 1. The molecule has 0 aromatic carbocycles. The van der Waals surface area contributed by atoms with Crippen molar-refractivity contribution in [3.05, 3.63) is 0 Å². The normalized spacial score (nSPS) is 27.5. The number of aliphatic hydroxyl groups excluding tert-OH is 1. The van der Waals surface area contributed by atoms with Crippen molar-refractivity contribution in [2.24, 2.45) is 17.4 Å². The van der Waals surface area contributed by atoms with Crippen molar-refractivity contribution in [1.29, 1.82) is 0 Å². The number of rotatable bonds is 4. The molecule has 1 saturated heterocycles. The standard InChI is InChI=1S/C9H19N3O2/c1-6(13)7-2-3-12(4-7)5-8(10)9(11)14/h6-8,13H,2-5,10H2,1H3,(H2,11,14). The summed E-state index contributed by atoms with van der Waals surface area (Å²) in [4.78, 5) is 12.8. The van der Waals surface area contributed by atoms with Crippen LogP contribution in [0.2, 0.25) is 0 Å². The summed E-state index contributed by atoms with van der Waals surface area (Å²) in [6.07, 6.45) is 0.674. The minimum atomic E-state index is -0.595. The van der Waals surface area contributed by atoms with E-state index in [0.29, 0.717) is 12.5 Å². The minimum absolute atomic E-state index is 0.287. The monoisotopic (exact) mass is 201 g/mol. The topological polar surface area (TPSA) is 92.6 Å². The lowest BCUT2D eigenvalue weighted by Crippen LogP contribution is -2.45. The Morgan fingerprint density at radius 1 is 1.71 bits per heavy atom. The van der Waals surface area contributed by atoms with Gasteiger partial charge in [0, 0.05) is 13.1 Å². The van der Waals surface area contributed by atoms with Gasteiger partial charge in [0.15, 0.2) is 0 Å². The molecule has 0 bridgehead atoms. The Kier molecular flexibility index (Phi) is 3.86. The quantitative estimate of drug-likeness (QED) is 0.516. The van der Waals surface area contributed by atoms with Crippen LogP contribution in [0.4, 0.5) is 0 Å². The van der Waals surface area contributed by atoms with E-state index in [-0.39, 0.29) is 6.10 Å². The fraction of sp³-hybridized carbons (Fsp3) is 0.889. The Morgan fingerprint density at radius 2 is 2.36 bits per heavy atom. The average molecular weight is 201 g/mol. The van der Waals surface area contributed by atoms with Crippen molar-refractivity contribution in [2.75, 3.05) is 19.6 Å². The lowest BCUT2D eigenvalue weighted by Gasteiger charge is -2.19. The molecule has 0 saturated carbocycles. The fourth-order valence-electron chi connectivity index (χ4n) is 1.79. The highest BCUT2D eigenvalue weighted by molar-refractivity contribution is 5.79. The first-order chi connectivity index (χ1) is 6.50. The molecule has 5 nitrogen and oxygen atoms in total. The van der Waals surface area contributed by atoms with E-state index in [2.05, 4.69) is 4.90 Å². The summed E-state index contributed by atoms with van der Waals surface area (Å²) in [5.74, 6) is -0.166. The molecule has 1 fully saturated rings. The zero-order chi connectivity index (χ0) is 10.7. The van der Waals surface area contributed by atoms with Crippen LogP contribution in [0.3, 0.4) is 0 Å². The molecule has 5 N–H and O–H groups in total. The fourth-order valence-corrected chi connectivity index (χ4v) is 1.79. The zero-order valence-electron chi connectivity index (χ0n) is 8.52. The Balaban J connectivity index is 2.32. The summed E-state index contributed by atoms with van der Waals surface area (Å²) >= 11 is 0. The molecular weight excluding hydrogens is 182 g/mol. The third-order valence-corrected chi connectivity index (χ3v) is 2.81. The molecule has 14 heavy (non-hydrogen) atoms. The molecule has 1 aliphatic heterocycles. The molecule has 0 radical (unpaired) electrons. The van der Waals surface area contributed by atoms with Crippen LogP contribution in [0.1, 0.15) is 13.3 Å². The molecule has 82 valence electrons. The maximum absolute atomic E-state index is 10.7. The summed E-state index contributed by atoms with van der Waals surface area (Å²) in [6.45, 7) is 3.98. The molecule has 5 heteroatoms. The first-order valence-electron chi connectivity index (χ1n) is 4.96. The van der Waals surface area contributed by atoms with Gasteiger partial charge in [-0.1, -0.05) is 0 Å². The summed E-state index contributed by atoms with van der Waals surface area (Å²) < 4.78 is 0. The number of hydrogen-bond acceptors (Lipinski definition) is 4. The lowest BCUT2D eigenvalue weighted by atomic mass is 10.0. The maximum Gasteiger partial charge on any atom is 0.235 e. The van der Waals surface area contributed by atoms with Crippen LogP contribution in [0.15, 0.2) is 0 Å². The number of amides is 1. The molecule has 0 aliphatic carbocycles. The Morgan fingerprint density at radius 3 is 2.79 bits per heavy atom. The maximum atomic E-state index is 10.7. The predicted molar refractivity (Wildman–Crippen MR) is 53.4 cm³/mol. The molecule has 0 aromatic rings. The van der Waals surface area contributed by atoms with Gasteiger partial charge >= 0.3 is 0 Å². The van der Waals surface area contributed by atoms with E-state index in [9.17, 15) is 9.90 Å². The van der Waals surface area contributed by atoms with Gasteiger partial charge in [-0.2, -0.15) is 0 Å². The van der Waals surface area contributed by atoms with E-state index in [1.54, 1.807) is 6.92 Å². The second-order valence-corrected chi connectivity index (χ2v) is 4.06. The van der Waals surface area contributed by atoms with E-state index in [4.69, 9.17) is 11.5 Å². The van der Waals surface area contributed by atoms with E-state index in [1.807, 2.05) is 0 Å². The number of carbonyl (C=O) groups excluding carboxylic acids is 1. The van der Waals surface area contributed by atoms with Crippen molar-refractivity contribution in [2.45, 2.75) is 25.5 Å². The van der Waals surface area contributed by atoms with Crippen LogP contribution >= 0.6 is 0 Å². The van der Waals surface area contributed by atoms with E-state index < -0.39 is 11.9 Å². The van der Waals surface area contributed by atoms with Gasteiger partial charge in [-0.15, -0.1) is 0 Å². The summed E-state index contributed by atoms with van der Waals surface area (Å²) in [5.41, 5.74) is 10.6. The Hall–Kier alpha value is -0.650. The predicted octanol–water partition coefficient (Wildman–Crippen LogP) is -1.50. The van der Waals surface area contributed by atoms with Crippen molar-refractivity contribution in [3.8, 4) is 0 Å². The summed E-state index contributed by atoms with van der Waals surface area (Å²) in [7, 11) is 0. The SMILES string of the molecule is CC(O)C1CCN(CC(N)C(N)=O)C1. The first kappa shape index (κ1) is 11.4. The smallest absolute Gasteiger partial charge is 0.235 e. The molecular formula is C9H19N3O2. The number of nitrogens with two attached hydrogens (primary N) is 2. The number of hydrogen-bond donors (Lipinski definition) is 3. The molecule has 0 spiro atoms. The highest BCUT2D eigenvalue weighted by atomic mass is 16.3. The highest BCUT2D eigenvalue weighted by Gasteiger charge is 2.27. The van der Waals surface area contributed by atoms with E-state index >= 15 is 0 Å². The average Bonchev–Trinajstić information content (AvgIpc) is 2.52. The zero-order valence-corrected chi connectivity index (χ0v) is 8.52. The van der Waals surface area contributed by atoms with Gasteiger partial charge in [-0.05, 0) is 25.8 Å². The number of likely N-dealkylation sites (tertiary alicyclic amines) is 1. The second kappa shape index (κ2) is 4.72.